The Labute approximate surface area is 162 Å². The highest BCUT2D eigenvalue weighted by Gasteiger charge is 2.25. The lowest BCUT2D eigenvalue weighted by molar-refractivity contribution is -0.121. The first-order chi connectivity index (χ1) is 12.0. The minimum Gasteiger partial charge on any atom is -0.326 e. The predicted molar refractivity (Wildman–Crippen MR) is 105 cm³/mol. The van der Waals surface area contributed by atoms with Gasteiger partial charge in [-0.05, 0) is 56.3 Å². The Morgan fingerprint density at radius 3 is 2.32 bits per heavy atom. The van der Waals surface area contributed by atoms with Gasteiger partial charge >= 0.3 is 0 Å². The number of likely N-dealkylation sites (tertiary alicyclic amines) is 1. The lowest BCUT2D eigenvalue weighted by Crippen LogP contribution is -2.37. The molecule has 0 bridgehead atoms. The van der Waals surface area contributed by atoms with Crippen LogP contribution in [0.25, 0.3) is 0 Å². The maximum atomic E-state index is 12.4. The van der Waals surface area contributed by atoms with Crippen LogP contribution >= 0.6 is 34.8 Å². The molecule has 2 aromatic carbocycles. The van der Waals surface area contributed by atoms with Crippen molar-refractivity contribution in [2.45, 2.75) is 19.4 Å². The molecular formula is C19H19Cl3N2O. The second kappa shape index (κ2) is 8.41. The van der Waals surface area contributed by atoms with E-state index in [2.05, 4.69) is 10.2 Å². The number of carbonyl (C=O) groups excluding carboxylic acids is 1. The van der Waals surface area contributed by atoms with Gasteiger partial charge in [-0.2, -0.15) is 0 Å². The van der Waals surface area contributed by atoms with Gasteiger partial charge in [0.05, 0.1) is 0 Å². The van der Waals surface area contributed by atoms with Crippen LogP contribution in [0.1, 0.15) is 18.4 Å². The van der Waals surface area contributed by atoms with Gasteiger partial charge in [0.25, 0.3) is 0 Å². The minimum absolute atomic E-state index is 0.0111. The van der Waals surface area contributed by atoms with Crippen LogP contribution in [0.2, 0.25) is 15.1 Å². The van der Waals surface area contributed by atoms with Crippen molar-refractivity contribution >= 4 is 46.4 Å². The third-order valence-corrected chi connectivity index (χ3v) is 5.44. The van der Waals surface area contributed by atoms with E-state index in [1.54, 1.807) is 12.1 Å². The predicted octanol–water partition coefficient (Wildman–Crippen LogP) is 5.50. The molecule has 1 aliphatic heterocycles. The molecule has 1 aliphatic rings. The maximum absolute atomic E-state index is 12.4. The highest BCUT2D eigenvalue weighted by atomic mass is 35.5. The maximum Gasteiger partial charge on any atom is 0.227 e. The third-order valence-electron chi connectivity index (χ3n) is 4.49. The zero-order valence-electron chi connectivity index (χ0n) is 13.6. The van der Waals surface area contributed by atoms with Gasteiger partial charge in [0.2, 0.25) is 5.91 Å². The Morgan fingerprint density at radius 2 is 1.68 bits per heavy atom. The van der Waals surface area contributed by atoms with Crippen LogP contribution < -0.4 is 5.32 Å². The SMILES string of the molecule is O=C(Nc1cccc(Cl)c1)C1CCN(Cc2c(Cl)cccc2Cl)CC1. The summed E-state index contributed by atoms with van der Waals surface area (Å²) in [6.45, 7) is 2.39. The summed E-state index contributed by atoms with van der Waals surface area (Å²) < 4.78 is 0. The van der Waals surface area contributed by atoms with E-state index in [1.165, 1.54) is 0 Å². The van der Waals surface area contributed by atoms with Gasteiger partial charge in [-0.3, -0.25) is 9.69 Å². The molecule has 3 nitrogen and oxygen atoms in total. The Kier molecular flexibility index (Phi) is 6.24. The molecule has 0 aliphatic carbocycles. The molecule has 0 unspecified atom stereocenters. The number of benzene rings is 2. The van der Waals surface area contributed by atoms with Crippen LogP contribution in [-0.4, -0.2) is 23.9 Å². The molecule has 1 fully saturated rings. The topological polar surface area (TPSA) is 32.3 Å². The molecule has 0 spiro atoms. The summed E-state index contributed by atoms with van der Waals surface area (Å²) in [5, 5.41) is 4.94. The van der Waals surface area contributed by atoms with Gasteiger partial charge in [-0.15, -0.1) is 0 Å². The van der Waals surface area contributed by atoms with Crippen LogP contribution in [0, 0.1) is 5.92 Å². The van der Waals surface area contributed by atoms with Gasteiger partial charge in [0, 0.05) is 38.8 Å². The number of hydrogen-bond acceptors (Lipinski definition) is 2. The molecule has 6 heteroatoms. The molecule has 1 heterocycles. The van der Waals surface area contributed by atoms with E-state index in [0.29, 0.717) is 21.6 Å². The molecule has 1 amide bonds. The fourth-order valence-corrected chi connectivity index (χ4v) is 3.78. The number of piperidine rings is 1. The average molecular weight is 398 g/mol. The van der Waals surface area contributed by atoms with Crippen LogP contribution in [0.5, 0.6) is 0 Å². The first kappa shape index (κ1) is 18.5. The Morgan fingerprint density at radius 1 is 1.04 bits per heavy atom. The summed E-state index contributed by atoms with van der Waals surface area (Å²) in [4.78, 5) is 14.7. The van der Waals surface area contributed by atoms with Gasteiger partial charge in [0.15, 0.2) is 0 Å². The van der Waals surface area contributed by atoms with Crippen LogP contribution in [0.4, 0.5) is 5.69 Å². The second-order valence-electron chi connectivity index (χ2n) is 6.25. The van der Waals surface area contributed by atoms with Crippen molar-refractivity contribution in [2.75, 3.05) is 18.4 Å². The van der Waals surface area contributed by atoms with E-state index in [4.69, 9.17) is 34.8 Å². The summed E-state index contributed by atoms with van der Waals surface area (Å²) in [6, 6.07) is 12.8. The molecule has 0 saturated carbocycles. The molecule has 1 N–H and O–H groups in total. The summed E-state index contributed by atoms with van der Waals surface area (Å²) in [5.74, 6) is 0.0645. The fraction of sp³-hybridized carbons (Fsp3) is 0.316. The number of rotatable bonds is 4. The zero-order chi connectivity index (χ0) is 17.8. The van der Waals surface area contributed by atoms with E-state index in [0.717, 1.165) is 37.2 Å². The number of nitrogens with zero attached hydrogens (tertiary/aromatic N) is 1. The van der Waals surface area contributed by atoms with Crippen molar-refractivity contribution < 1.29 is 4.79 Å². The minimum atomic E-state index is 0.0111. The number of nitrogens with one attached hydrogen (secondary N) is 1. The molecule has 0 radical (unpaired) electrons. The molecular weight excluding hydrogens is 379 g/mol. The van der Waals surface area contributed by atoms with Crippen molar-refractivity contribution in [3.05, 3.63) is 63.1 Å². The van der Waals surface area contributed by atoms with Gasteiger partial charge < -0.3 is 5.32 Å². The quantitative estimate of drug-likeness (QED) is 0.739. The van der Waals surface area contributed by atoms with Crippen molar-refractivity contribution in [2.24, 2.45) is 5.92 Å². The smallest absolute Gasteiger partial charge is 0.227 e. The van der Waals surface area contributed by atoms with Crippen molar-refractivity contribution in [1.29, 1.82) is 0 Å². The molecule has 2 aromatic rings. The number of halogens is 3. The highest BCUT2D eigenvalue weighted by Crippen LogP contribution is 2.28. The summed E-state index contributed by atoms with van der Waals surface area (Å²) in [7, 11) is 0. The molecule has 1 saturated heterocycles. The van der Waals surface area contributed by atoms with Crippen LogP contribution in [0.3, 0.4) is 0 Å². The van der Waals surface area contributed by atoms with Gasteiger partial charge in [0.1, 0.15) is 0 Å². The Hall–Kier alpha value is -1.26. The van der Waals surface area contributed by atoms with E-state index in [9.17, 15) is 4.79 Å². The number of hydrogen-bond donors (Lipinski definition) is 1. The zero-order valence-corrected chi connectivity index (χ0v) is 15.9. The molecule has 25 heavy (non-hydrogen) atoms. The molecule has 0 aromatic heterocycles. The van der Waals surface area contributed by atoms with Crippen molar-refractivity contribution in [3.63, 3.8) is 0 Å². The molecule has 0 atom stereocenters. The van der Waals surface area contributed by atoms with Crippen molar-refractivity contribution in [1.82, 2.24) is 4.90 Å². The molecule has 132 valence electrons. The average Bonchev–Trinajstić information content (AvgIpc) is 2.59. The second-order valence-corrected chi connectivity index (χ2v) is 7.50. The fourth-order valence-electron chi connectivity index (χ4n) is 3.07. The standard InChI is InChI=1S/C19H19Cl3N2O/c20-14-3-1-4-15(11-14)23-19(25)13-7-9-24(10-8-13)12-16-17(21)5-2-6-18(16)22/h1-6,11,13H,7-10,12H2,(H,23,25). The highest BCUT2D eigenvalue weighted by molar-refractivity contribution is 6.36. The van der Waals surface area contributed by atoms with E-state index >= 15 is 0 Å². The third kappa shape index (κ3) is 4.89. The van der Waals surface area contributed by atoms with Gasteiger partial charge in [-0.25, -0.2) is 0 Å². The Bertz CT molecular complexity index is 738. The number of amides is 1. The lowest BCUT2D eigenvalue weighted by atomic mass is 9.95. The summed E-state index contributed by atoms with van der Waals surface area (Å²) in [6.07, 6.45) is 1.63. The van der Waals surface area contributed by atoms with Crippen molar-refractivity contribution in [3.8, 4) is 0 Å². The molecule has 3 rings (SSSR count). The number of carbonyl (C=O) groups is 1. The summed E-state index contributed by atoms with van der Waals surface area (Å²) in [5.41, 5.74) is 1.69. The monoisotopic (exact) mass is 396 g/mol. The van der Waals surface area contributed by atoms with E-state index in [1.807, 2.05) is 30.3 Å². The van der Waals surface area contributed by atoms with Crippen LogP contribution in [0.15, 0.2) is 42.5 Å². The van der Waals surface area contributed by atoms with E-state index < -0.39 is 0 Å². The first-order valence-electron chi connectivity index (χ1n) is 8.24. The first-order valence-corrected chi connectivity index (χ1v) is 9.38. The largest absolute Gasteiger partial charge is 0.326 e. The number of anilines is 1. The van der Waals surface area contributed by atoms with Gasteiger partial charge in [-0.1, -0.05) is 46.9 Å². The summed E-state index contributed by atoms with van der Waals surface area (Å²) >= 11 is 18.4. The van der Waals surface area contributed by atoms with Crippen LogP contribution in [-0.2, 0) is 11.3 Å². The lowest BCUT2D eigenvalue weighted by Gasteiger charge is -2.31. The Balaban J connectivity index is 1.54. The normalized spacial score (nSPS) is 16.0. The van der Waals surface area contributed by atoms with E-state index in [-0.39, 0.29) is 11.8 Å².